The number of hydrogen-bond acceptors (Lipinski definition) is 8. The average molecular weight is 624 g/mol. The number of hydrogen-bond donors (Lipinski definition) is 3. The van der Waals surface area contributed by atoms with Crippen molar-refractivity contribution in [2.45, 2.75) is 68.9 Å². The van der Waals surface area contributed by atoms with Crippen LogP contribution in [0.25, 0.3) is 17.0 Å². The van der Waals surface area contributed by atoms with Crippen LogP contribution < -0.4 is 16.0 Å². The van der Waals surface area contributed by atoms with Crippen molar-refractivity contribution in [3.05, 3.63) is 65.9 Å². The molecule has 1 fully saturated rings. The Morgan fingerprint density at radius 1 is 1.27 bits per heavy atom. The first-order valence-electron chi connectivity index (χ1n) is 14.6. The van der Waals surface area contributed by atoms with Gasteiger partial charge >= 0.3 is 6.18 Å². The Hall–Kier alpha value is -4.02. The topological polar surface area (TPSA) is 124 Å². The molecule has 4 N–H and O–H groups in total. The first kappa shape index (κ1) is 31.4. The lowest BCUT2D eigenvalue weighted by molar-refractivity contribution is -0.129. The molecule has 0 spiro atoms. The Bertz CT molecular complexity index is 1620. The quantitative estimate of drug-likeness (QED) is 0.125. The number of thioether (sulfide) groups is 1. The van der Waals surface area contributed by atoms with Gasteiger partial charge in [-0.3, -0.25) is 5.10 Å². The van der Waals surface area contributed by atoms with Gasteiger partial charge in [-0.15, -0.1) is 11.8 Å². The number of benzene rings is 1. The van der Waals surface area contributed by atoms with E-state index in [9.17, 15) is 18.4 Å². The number of fused-ring (bicyclic) bond motifs is 1. The second-order valence-corrected chi connectivity index (χ2v) is 12.1. The monoisotopic (exact) mass is 623 g/mol. The molecule has 1 aromatic carbocycles. The molecular formula is C31H36F3N9S. The number of anilines is 2. The summed E-state index contributed by atoms with van der Waals surface area (Å²) >= 11 is 1.06. The third-order valence-corrected chi connectivity index (χ3v) is 9.18. The summed E-state index contributed by atoms with van der Waals surface area (Å²) in [6, 6.07) is 8.98. The third-order valence-electron chi connectivity index (χ3n) is 8.17. The summed E-state index contributed by atoms with van der Waals surface area (Å²) in [6.07, 6.45) is 5.15. The average Bonchev–Trinajstić information content (AvgIpc) is 3.65. The number of nitrogens with two attached hydrogens (primary N) is 1. The number of nitrogens with zero attached hydrogens (tertiary/aromatic N) is 6. The van der Waals surface area contributed by atoms with E-state index < -0.39 is 12.6 Å². The summed E-state index contributed by atoms with van der Waals surface area (Å²) < 4.78 is 40.0. The Kier molecular flexibility index (Phi) is 9.80. The minimum atomic E-state index is -4.21. The zero-order valence-electron chi connectivity index (χ0n) is 24.6. The Balaban J connectivity index is 1.29. The van der Waals surface area contributed by atoms with Crippen LogP contribution >= 0.6 is 11.8 Å². The summed E-state index contributed by atoms with van der Waals surface area (Å²) in [5.74, 6) is 0.488. The fourth-order valence-electron chi connectivity index (χ4n) is 6.01. The molecule has 44 heavy (non-hydrogen) atoms. The molecule has 0 bridgehead atoms. The number of nitrogens with one attached hydrogen (secondary N) is 2. The largest absolute Gasteiger partial charge is 0.389 e. The molecule has 9 nitrogen and oxygen atoms in total. The Morgan fingerprint density at radius 2 is 2.07 bits per heavy atom. The van der Waals surface area contributed by atoms with Crippen molar-refractivity contribution in [1.82, 2.24) is 24.7 Å². The fourth-order valence-corrected chi connectivity index (χ4v) is 6.99. The van der Waals surface area contributed by atoms with Crippen LogP contribution in [0.2, 0.25) is 0 Å². The molecule has 3 aromatic heterocycles. The summed E-state index contributed by atoms with van der Waals surface area (Å²) in [5.41, 5.74) is 11.6. The molecule has 0 saturated heterocycles. The highest BCUT2D eigenvalue weighted by atomic mass is 32.2. The highest BCUT2D eigenvalue weighted by Gasteiger charge is 2.29. The van der Waals surface area contributed by atoms with Gasteiger partial charge in [-0.2, -0.15) is 23.5 Å². The summed E-state index contributed by atoms with van der Waals surface area (Å²) in [4.78, 5) is 11.0. The number of halogens is 3. The standard InChI is InChI=1S/C31H36F3N9S/c1-3-25-29(37-19-38-30(25)44-13-10-31(32,33)34)41-22-4-6-23(7-5-22)42(12-11-35)27-8-9-28-26(20(27)2)14-24(15-36)43(28)18-21-16-39-40-17-21/h3,8-9,14,16-17,19,22-23H,1,4-7,10-13,18,35H2,2H3,(H,39,40)(H,37,38,41). The van der Waals surface area contributed by atoms with Gasteiger partial charge in [-0.25, -0.2) is 9.97 Å². The van der Waals surface area contributed by atoms with Gasteiger partial charge in [0.25, 0.3) is 0 Å². The molecule has 0 unspecified atom stereocenters. The summed E-state index contributed by atoms with van der Waals surface area (Å²) in [6.45, 7) is 7.74. The molecular weight excluding hydrogens is 587 g/mol. The maximum Gasteiger partial charge on any atom is 0.389 e. The van der Waals surface area contributed by atoms with Gasteiger partial charge < -0.3 is 20.5 Å². The van der Waals surface area contributed by atoms with E-state index >= 15 is 0 Å². The predicted octanol–water partition coefficient (Wildman–Crippen LogP) is 6.26. The van der Waals surface area contributed by atoms with Crippen molar-refractivity contribution in [2.75, 3.05) is 29.1 Å². The molecule has 13 heteroatoms. The number of rotatable bonds is 12. The van der Waals surface area contributed by atoms with Crippen molar-refractivity contribution in [3.63, 3.8) is 0 Å². The lowest BCUT2D eigenvalue weighted by Crippen LogP contribution is -2.43. The smallest absolute Gasteiger partial charge is 0.367 e. The highest BCUT2D eigenvalue weighted by molar-refractivity contribution is 7.99. The predicted molar refractivity (Wildman–Crippen MR) is 169 cm³/mol. The summed E-state index contributed by atoms with van der Waals surface area (Å²) in [5, 5.41) is 21.8. The lowest BCUT2D eigenvalue weighted by Gasteiger charge is -2.39. The number of alkyl halides is 3. The second kappa shape index (κ2) is 13.7. The maximum atomic E-state index is 12.7. The molecule has 0 radical (unpaired) electrons. The van der Waals surface area contributed by atoms with Crippen LogP contribution in [-0.4, -0.2) is 61.8 Å². The van der Waals surface area contributed by atoms with E-state index in [4.69, 9.17) is 5.73 Å². The van der Waals surface area contributed by atoms with Crippen LogP contribution in [0, 0.1) is 18.3 Å². The van der Waals surface area contributed by atoms with Gasteiger partial charge in [0.05, 0.1) is 19.2 Å². The highest BCUT2D eigenvalue weighted by Crippen LogP contribution is 2.36. The zero-order valence-corrected chi connectivity index (χ0v) is 25.4. The van der Waals surface area contributed by atoms with E-state index in [1.165, 1.54) is 6.33 Å². The molecule has 232 valence electrons. The van der Waals surface area contributed by atoms with E-state index in [2.05, 4.69) is 62.1 Å². The summed E-state index contributed by atoms with van der Waals surface area (Å²) in [7, 11) is 0. The van der Waals surface area contributed by atoms with E-state index in [1.54, 1.807) is 12.3 Å². The Labute approximate surface area is 258 Å². The fraction of sp³-hybridized carbons (Fsp3) is 0.419. The van der Waals surface area contributed by atoms with E-state index in [-0.39, 0.29) is 17.8 Å². The Morgan fingerprint density at radius 3 is 2.73 bits per heavy atom. The normalized spacial score (nSPS) is 17.0. The van der Waals surface area contributed by atoms with Crippen LogP contribution in [0.5, 0.6) is 0 Å². The number of aromatic nitrogens is 5. The van der Waals surface area contributed by atoms with Gasteiger partial charge in [-0.05, 0) is 56.4 Å². The van der Waals surface area contributed by atoms with Crippen LogP contribution in [0.15, 0.2) is 48.5 Å². The molecule has 1 aliphatic carbocycles. The number of aryl methyl sites for hydroxylation is 1. The van der Waals surface area contributed by atoms with Crippen LogP contribution in [0.1, 0.15) is 54.5 Å². The van der Waals surface area contributed by atoms with Crippen molar-refractivity contribution >= 4 is 40.2 Å². The van der Waals surface area contributed by atoms with E-state index in [0.29, 0.717) is 41.7 Å². The van der Waals surface area contributed by atoms with Crippen molar-refractivity contribution in [2.24, 2.45) is 5.73 Å². The maximum absolute atomic E-state index is 12.7. The molecule has 4 aromatic rings. The minimum Gasteiger partial charge on any atom is -0.367 e. The van der Waals surface area contributed by atoms with E-state index in [1.807, 2.05) is 16.8 Å². The molecule has 0 aliphatic heterocycles. The van der Waals surface area contributed by atoms with Crippen LogP contribution in [0.3, 0.4) is 0 Å². The number of H-pyrrole nitrogens is 1. The third kappa shape index (κ3) is 7.03. The first-order valence-corrected chi connectivity index (χ1v) is 15.6. The van der Waals surface area contributed by atoms with Crippen LogP contribution in [0.4, 0.5) is 24.7 Å². The van der Waals surface area contributed by atoms with Crippen molar-refractivity contribution in [1.29, 1.82) is 5.26 Å². The molecule has 0 atom stereocenters. The van der Waals surface area contributed by atoms with Crippen molar-refractivity contribution < 1.29 is 13.2 Å². The molecule has 1 saturated carbocycles. The molecule has 5 rings (SSSR count). The van der Waals surface area contributed by atoms with E-state index in [0.717, 1.165) is 65.2 Å². The second-order valence-electron chi connectivity index (χ2n) is 11.0. The van der Waals surface area contributed by atoms with Gasteiger partial charge in [-0.1, -0.05) is 12.7 Å². The SMILES string of the molecule is C=Cc1c(NC2CCC(N(CCN)c3ccc4c(cc(C#N)n4Cc4cn[nH]c4)c3C)CC2)ncnc1SCCC(F)(F)F. The zero-order chi connectivity index (χ0) is 31.3. The van der Waals surface area contributed by atoms with Gasteiger partial charge in [0, 0.05) is 64.8 Å². The number of nitriles is 1. The van der Waals surface area contributed by atoms with Gasteiger partial charge in [0.1, 0.15) is 28.9 Å². The first-order chi connectivity index (χ1) is 21.2. The molecule has 0 amide bonds. The van der Waals surface area contributed by atoms with Gasteiger partial charge in [0.2, 0.25) is 0 Å². The van der Waals surface area contributed by atoms with Crippen molar-refractivity contribution in [3.8, 4) is 6.07 Å². The van der Waals surface area contributed by atoms with Crippen LogP contribution in [-0.2, 0) is 6.54 Å². The minimum absolute atomic E-state index is 0.110. The molecule has 3 heterocycles. The number of aromatic amines is 1. The molecule has 1 aliphatic rings. The van der Waals surface area contributed by atoms with Gasteiger partial charge in [0.15, 0.2) is 0 Å². The lowest BCUT2D eigenvalue weighted by atomic mass is 9.89.